The predicted molar refractivity (Wildman–Crippen MR) is 64.0 cm³/mol. The van der Waals surface area contributed by atoms with Crippen molar-refractivity contribution in [1.29, 1.82) is 0 Å². The Labute approximate surface area is 94.8 Å². The van der Waals surface area contributed by atoms with E-state index in [2.05, 4.69) is 60.3 Å². The van der Waals surface area contributed by atoms with Crippen LogP contribution in [0.5, 0.6) is 0 Å². The van der Waals surface area contributed by atoms with Gasteiger partial charge >= 0.3 is 0 Å². The normalized spacial score (nSPS) is 12.1. The van der Waals surface area contributed by atoms with Crippen LogP contribution in [0.25, 0.3) is 0 Å². The highest BCUT2D eigenvalue weighted by Gasteiger charge is 2.19. The molecule has 1 rings (SSSR count). The van der Waals surface area contributed by atoms with Crippen LogP contribution in [0.15, 0.2) is 0 Å². The lowest BCUT2D eigenvalue weighted by Gasteiger charge is -2.22. The average Bonchev–Trinajstić information content (AvgIpc) is 2.33. The Balaban J connectivity index is 2.93. The van der Waals surface area contributed by atoms with Crippen molar-refractivity contribution in [3.8, 4) is 0 Å². The third kappa shape index (κ3) is 2.38. The summed E-state index contributed by atoms with van der Waals surface area (Å²) in [7, 11) is 0. The summed E-state index contributed by atoms with van der Waals surface area (Å²) in [5, 5.41) is 5.54. The van der Waals surface area contributed by atoms with E-state index in [9.17, 15) is 0 Å². The molecule has 14 heavy (non-hydrogen) atoms. The smallest absolute Gasteiger partial charge is 0.0625 e. The monoisotopic (exact) mass is 258 g/mol. The van der Waals surface area contributed by atoms with Gasteiger partial charge < -0.3 is 0 Å². The average molecular weight is 259 g/mol. The molecule has 0 aromatic carbocycles. The summed E-state index contributed by atoms with van der Waals surface area (Å²) >= 11 is 3.54. The van der Waals surface area contributed by atoms with Crippen molar-refractivity contribution in [3.63, 3.8) is 0 Å². The van der Waals surface area contributed by atoms with Crippen molar-refractivity contribution in [3.05, 3.63) is 17.0 Å². The predicted octanol–water partition coefficient (Wildman–Crippen LogP) is 3.23. The number of hydrogen-bond acceptors (Lipinski definition) is 1. The molecule has 0 N–H and O–H groups in total. The van der Waals surface area contributed by atoms with Crippen LogP contribution in [0, 0.1) is 26.2 Å². The first-order chi connectivity index (χ1) is 6.37. The van der Waals surface area contributed by atoms with Gasteiger partial charge in [-0.3, -0.25) is 4.68 Å². The summed E-state index contributed by atoms with van der Waals surface area (Å²) in [5.74, 6) is 0. The van der Waals surface area contributed by atoms with E-state index < -0.39 is 0 Å². The summed E-state index contributed by atoms with van der Waals surface area (Å²) in [5.41, 5.74) is 4.01. The Morgan fingerprint density at radius 3 is 2.21 bits per heavy atom. The van der Waals surface area contributed by atoms with Crippen molar-refractivity contribution < 1.29 is 0 Å². The van der Waals surface area contributed by atoms with Crippen molar-refractivity contribution in [2.24, 2.45) is 5.41 Å². The standard InChI is InChI=1S/C11H19BrN2/c1-8-9(2)13-14(10(8)3)7-11(4,5)6-12/h6-7H2,1-5H3. The molecule has 0 fully saturated rings. The Kier molecular flexibility index (Phi) is 3.40. The van der Waals surface area contributed by atoms with E-state index >= 15 is 0 Å². The fraction of sp³-hybridized carbons (Fsp3) is 0.727. The van der Waals surface area contributed by atoms with Crippen LogP contribution < -0.4 is 0 Å². The molecule has 1 aromatic heterocycles. The maximum absolute atomic E-state index is 4.54. The van der Waals surface area contributed by atoms with Gasteiger partial charge in [-0.2, -0.15) is 5.10 Å². The quantitative estimate of drug-likeness (QED) is 0.762. The second-order valence-electron chi connectivity index (χ2n) is 4.75. The van der Waals surface area contributed by atoms with Crippen molar-refractivity contribution in [2.75, 3.05) is 5.33 Å². The first-order valence-electron chi connectivity index (χ1n) is 4.94. The minimum Gasteiger partial charge on any atom is -0.269 e. The number of halogens is 1. The van der Waals surface area contributed by atoms with Gasteiger partial charge in [0.2, 0.25) is 0 Å². The van der Waals surface area contributed by atoms with Crippen LogP contribution in [-0.2, 0) is 6.54 Å². The fourth-order valence-corrected chi connectivity index (χ4v) is 1.57. The van der Waals surface area contributed by atoms with E-state index in [1.807, 2.05) is 0 Å². The van der Waals surface area contributed by atoms with Gasteiger partial charge in [-0.1, -0.05) is 29.8 Å². The van der Waals surface area contributed by atoms with E-state index in [0.29, 0.717) is 0 Å². The largest absolute Gasteiger partial charge is 0.269 e. The van der Waals surface area contributed by atoms with E-state index in [-0.39, 0.29) is 5.41 Å². The van der Waals surface area contributed by atoms with Gasteiger partial charge in [0.25, 0.3) is 0 Å². The zero-order valence-corrected chi connectivity index (χ0v) is 11.3. The van der Waals surface area contributed by atoms with Crippen molar-refractivity contribution in [1.82, 2.24) is 9.78 Å². The Hall–Kier alpha value is -0.310. The lowest BCUT2D eigenvalue weighted by molar-refractivity contribution is 0.331. The summed E-state index contributed by atoms with van der Waals surface area (Å²) in [6, 6.07) is 0. The first kappa shape index (κ1) is 11.8. The Bertz CT molecular complexity index is 326. The number of alkyl halides is 1. The molecule has 0 aliphatic rings. The molecule has 0 amide bonds. The minimum absolute atomic E-state index is 0.260. The molecule has 0 unspecified atom stereocenters. The molecule has 3 heteroatoms. The van der Waals surface area contributed by atoms with Gasteiger partial charge in [-0.05, 0) is 31.7 Å². The molecule has 0 atom stereocenters. The van der Waals surface area contributed by atoms with Gasteiger partial charge in [0, 0.05) is 17.6 Å². The Morgan fingerprint density at radius 1 is 1.29 bits per heavy atom. The minimum atomic E-state index is 0.260. The molecule has 1 aromatic rings. The van der Waals surface area contributed by atoms with E-state index in [4.69, 9.17) is 0 Å². The molecule has 0 aliphatic heterocycles. The molecule has 0 aliphatic carbocycles. The number of aryl methyl sites for hydroxylation is 1. The topological polar surface area (TPSA) is 17.8 Å². The number of nitrogens with zero attached hydrogens (tertiary/aromatic N) is 2. The van der Waals surface area contributed by atoms with Crippen LogP contribution in [0.2, 0.25) is 0 Å². The van der Waals surface area contributed by atoms with E-state index in [0.717, 1.165) is 17.6 Å². The molecular weight excluding hydrogens is 240 g/mol. The Morgan fingerprint density at radius 2 is 1.86 bits per heavy atom. The van der Waals surface area contributed by atoms with Gasteiger partial charge in [-0.15, -0.1) is 0 Å². The third-order valence-corrected chi connectivity index (χ3v) is 4.20. The highest BCUT2D eigenvalue weighted by atomic mass is 79.9. The van der Waals surface area contributed by atoms with Crippen molar-refractivity contribution >= 4 is 15.9 Å². The van der Waals surface area contributed by atoms with Crippen molar-refractivity contribution in [2.45, 2.75) is 41.2 Å². The SMILES string of the molecule is Cc1nn(CC(C)(C)CBr)c(C)c1C. The summed E-state index contributed by atoms with van der Waals surface area (Å²) in [6.45, 7) is 11.8. The molecule has 0 saturated carbocycles. The molecule has 80 valence electrons. The van der Waals surface area contributed by atoms with Crippen LogP contribution >= 0.6 is 15.9 Å². The van der Waals surface area contributed by atoms with Crippen LogP contribution in [0.3, 0.4) is 0 Å². The summed E-state index contributed by atoms with van der Waals surface area (Å²) < 4.78 is 2.12. The van der Waals surface area contributed by atoms with Crippen LogP contribution in [-0.4, -0.2) is 15.1 Å². The lowest BCUT2D eigenvalue weighted by atomic mass is 9.97. The van der Waals surface area contributed by atoms with E-state index in [1.165, 1.54) is 11.3 Å². The number of aromatic nitrogens is 2. The molecule has 2 nitrogen and oxygen atoms in total. The molecule has 0 bridgehead atoms. The van der Waals surface area contributed by atoms with Gasteiger partial charge in [0.05, 0.1) is 5.69 Å². The van der Waals surface area contributed by atoms with Crippen LogP contribution in [0.4, 0.5) is 0 Å². The second-order valence-corrected chi connectivity index (χ2v) is 5.31. The summed E-state index contributed by atoms with van der Waals surface area (Å²) in [4.78, 5) is 0. The van der Waals surface area contributed by atoms with Gasteiger partial charge in [0.1, 0.15) is 0 Å². The lowest BCUT2D eigenvalue weighted by Crippen LogP contribution is -2.22. The van der Waals surface area contributed by atoms with Crippen LogP contribution in [0.1, 0.15) is 30.8 Å². The molecular formula is C11H19BrN2. The van der Waals surface area contributed by atoms with Gasteiger partial charge in [-0.25, -0.2) is 0 Å². The maximum atomic E-state index is 4.54. The highest BCUT2D eigenvalue weighted by Crippen LogP contribution is 2.22. The third-order valence-electron chi connectivity index (χ3n) is 2.68. The fourth-order valence-electron chi connectivity index (χ4n) is 1.39. The number of rotatable bonds is 3. The second kappa shape index (κ2) is 4.05. The molecule has 0 spiro atoms. The zero-order chi connectivity index (χ0) is 10.9. The maximum Gasteiger partial charge on any atom is 0.0625 e. The first-order valence-corrected chi connectivity index (χ1v) is 6.06. The van der Waals surface area contributed by atoms with Gasteiger partial charge in [0.15, 0.2) is 0 Å². The highest BCUT2D eigenvalue weighted by molar-refractivity contribution is 9.09. The van der Waals surface area contributed by atoms with E-state index in [1.54, 1.807) is 0 Å². The molecule has 0 saturated heterocycles. The summed E-state index contributed by atoms with van der Waals surface area (Å²) in [6.07, 6.45) is 0. The zero-order valence-electron chi connectivity index (χ0n) is 9.69. The molecule has 1 heterocycles. The molecule has 0 radical (unpaired) electrons. The number of hydrogen-bond donors (Lipinski definition) is 0.